The zero-order chi connectivity index (χ0) is 17.4. The fourth-order valence-corrected chi connectivity index (χ4v) is 3.31. The lowest BCUT2D eigenvalue weighted by Gasteiger charge is -2.35. The third-order valence-corrected chi connectivity index (χ3v) is 5.01. The van der Waals surface area contributed by atoms with Crippen LogP contribution in [0.2, 0.25) is 0 Å². The molecule has 1 aromatic carbocycles. The van der Waals surface area contributed by atoms with Crippen LogP contribution in [0.25, 0.3) is 0 Å². The van der Waals surface area contributed by atoms with E-state index in [1.54, 1.807) is 14.2 Å². The molecule has 134 valence electrons. The average molecular weight is 334 g/mol. The zero-order valence-corrected chi connectivity index (χ0v) is 15.1. The number of hydrogen-bond acceptors (Lipinski definition) is 4. The molecule has 1 aliphatic rings. The molecule has 2 rings (SSSR count). The maximum Gasteiger partial charge on any atom is 0.228 e. The Hall–Kier alpha value is -1.59. The van der Waals surface area contributed by atoms with Gasteiger partial charge in [-0.25, -0.2) is 0 Å². The third-order valence-electron chi connectivity index (χ3n) is 5.01. The van der Waals surface area contributed by atoms with Gasteiger partial charge >= 0.3 is 0 Å². The predicted molar refractivity (Wildman–Crippen MR) is 95.4 cm³/mol. The molecule has 5 nitrogen and oxygen atoms in total. The van der Waals surface area contributed by atoms with Crippen LogP contribution < -0.4 is 15.4 Å². The summed E-state index contributed by atoms with van der Waals surface area (Å²) in [7, 11) is 3.34. The number of methoxy groups -OCH3 is 2. The van der Waals surface area contributed by atoms with Gasteiger partial charge in [-0.1, -0.05) is 19.1 Å². The molecule has 24 heavy (non-hydrogen) atoms. The van der Waals surface area contributed by atoms with Gasteiger partial charge < -0.3 is 20.1 Å². The summed E-state index contributed by atoms with van der Waals surface area (Å²) in [6.07, 6.45) is 2.58. The summed E-state index contributed by atoms with van der Waals surface area (Å²) in [6, 6.07) is 8.13. The smallest absolute Gasteiger partial charge is 0.228 e. The SMILES string of the molecule is COCC1(C(=O)NCCC(C)c2ccc(OC)cc2)CCNCC1. The van der Waals surface area contributed by atoms with E-state index >= 15 is 0 Å². The van der Waals surface area contributed by atoms with Crippen LogP contribution >= 0.6 is 0 Å². The number of ether oxygens (including phenoxy) is 2. The molecule has 1 aliphatic heterocycles. The van der Waals surface area contributed by atoms with Crippen molar-refractivity contribution in [2.75, 3.05) is 40.5 Å². The standard InChI is InChI=1S/C19H30N2O3/c1-15(16-4-6-17(24-3)7-5-16)8-11-21-18(22)19(14-23-2)9-12-20-13-10-19/h4-7,15,20H,8-14H2,1-3H3,(H,21,22). The minimum Gasteiger partial charge on any atom is -0.497 e. The van der Waals surface area contributed by atoms with Crippen LogP contribution in [0.4, 0.5) is 0 Å². The molecule has 0 aliphatic carbocycles. The Kier molecular flexibility index (Phi) is 7.06. The van der Waals surface area contributed by atoms with Crippen LogP contribution in [0.5, 0.6) is 5.75 Å². The Balaban J connectivity index is 1.84. The molecule has 1 unspecified atom stereocenters. The van der Waals surface area contributed by atoms with Crippen molar-refractivity contribution in [2.45, 2.75) is 32.1 Å². The fraction of sp³-hybridized carbons (Fsp3) is 0.632. The van der Waals surface area contributed by atoms with Gasteiger partial charge in [-0.2, -0.15) is 0 Å². The molecule has 0 spiro atoms. The number of carbonyl (C=O) groups is 1. The summed E-state index contributed by atoms with van der Waals surface area (Å²) in [5, 5.41) is 6.44. The second-order valence-electron chi connectivity index (χ2n) is 6.68. The van der Waals surface area contributed by atoms with Crippen LogP contribution in [-0.2, 0) is 9.53 Å². The topological polar surface area (TPSA) is 59.6 Å². The average Bonchev–Trinajstić information content (AvgIpc) is 2.62. The van der Waals surface area contributed by atoms with E-state index in [0.29, 0.717) is 19.1 Å². The number of nitrogens with one attached hydrogen (secondary N) is 2. The van der Waals surface area contributed by atoms with Gasteiger partial charge in [0.25, 0.3) is 0 Å². The molecule has 1 fully saturated rings. The molecule has 1 amide bonds. The lowest BCUT2D eigenvalue weighted by atomic mass is 9.78. The van der Waals surface area contributed by atoms with Crippen LogP contribution in [0.3, 0.4) is 0 Å². The Morgan fingerprint density at radius 3 is 2.50 bits per heavy atom. The summed E-state index contributed by atoms with van der Waals surface area (Å²) in [5.41, 5.74) is 0.891. The first-order chi connectivity index (χ1) is 11.6. The highest BCUT2D eigenvalue weighted by atomic mass is 16.5. The van der Waals surface area contributed by atoms with Crippen molar-refractivity contribution in [2.24, 2.45) is 5.41 Å². The number of hydrogen-bond donors (Lipinski definition) is 2. The van der Waals surface area contributed by atoms with Crippen molar-refractivity contribution in [1.82, 2.24) is 10.6 Å². The van der Waals surface area contributed by atoms with E-state index < -0.39 is 0 Å². The van der Waals surface area contributed by atoms with Gasteiger partial charge in [0.05, 0.1) is 19.1 Å². The van der Waals surface area contributed by atoms with Crippen LogP contribution in [0, 0.1) is 5.41 Å². The van der Waals surface area contributed by atoms with Crippen LogP contribution in [0.1, 0.15) is 37.7 Å². The van der Waals surface area contributed by atoms with Crippen LogP contribution in [-0.4, -0.2) is 46.4 Å². The minimum atomic E-state index is -0.372. The van der Waals surface area contributed by atoms with Crippen molar-refractivity contribution < 1.29 is 14.3 Å². The first-order valence-corrected chi connectivity index (χ1v) is 8.73. The highest BCUT2D eigenvalue weighted by Crippen LogP contribution is 2.29. The van der Waals surface area contributed by atoms with Crippen molar-refractivity contribution in [1.29, 1.82) is 0 Å². The molecule has 1 saturated heterocycles. The van der Waals surface area contributed by atoms with Crippen molar-refractivity contribution in [3.63, 3.8) is 0 Å². The highest BCUT2D eigenvalue weighted by molar-refractivity contribution is 5.83. The molecule has 0 saturated carbocycles. The van der Waals surface area contributed by atoms with Gasteiger partial charge in [-0.05, 0) is 56.0 Å². The molecular formula is C19H30N2O3. The lowest BCUT2D eigenvalue weighted by Crippen LogP contribution is -2.50. The summed E-state index contributed by atoms with van der Waals surface area (Å²) in [5.74, 6) is 1.39. The number of rotatable bonds is 8. The third kappa shape index (κ3) is 4.71. The Bertz CT molecular complexity index is 504. The van der Waals surface area contributed by atoms with Crippen molar-refractivity contribution in [3.8, 4) is 5.75 Å². The van der Waals surface area contributed by atoms with Gasteiger partial charge in [0.15, 0.2) is 0 Å². The normalized spacial score (nSPS) is 18.0. The largest absolute Gasteiger partial charge is 0.497 e. The molecular weight excluding hydrogens is 304 g/mol. The maximum atomic E-state index is 12.7. The minimum absolute atomic E-state index is 0.132. The summed E-state index contributed by atoms with van der Waals surface area (Å²) in [4.78, 5) is 12.7. The molecule has 5 heteroatoms. The molecule has 0 radical (unpaired) electrons. The van der Waals surface area contributed by atoms with E-state index in [-0.39, 0.29) is 11.3 Å². The van der Waals surface area contributed by atoms with E-state index in [1.807, 2.05) is 12.1 Å². The lowest BCUT2D eigenvalue weighted by molar-refractivity contribution is -0.136. The van der Waals surface area contributed by atoms with Crippen molar-refractivity contribution in [3.05, 3.63) is 29.8 Å². The Labute approximate surface area is 145 Å². The van der Waals surface area contributed by atoms with E-state index in [4.69, 9.17) is 9.47 Å². The molecule has 1 heterocycles. The number of benzene rings is 1. The van der Waals surface area contributed by atoms with E-state index in [9.17, 15) is 4.79 Å². The molecule has 1 aromatic rings. The Morgan fingerprint density at radius 1 is 1.25 bits per heavy atom. The highest BCUT2D eigenvalue weighted by Gasteiger charge is 2.39. The fourth-order valence-electron chi connectivity index (χ4n) is 3.31. The quantitative estimate of drug-likeness (QED) is 0.766. The second kappa shape index (κ2) is 9.04. The predicted octanol–water partition coefficient (Wildman–Crippen LogP) is 2.32. The molecule has 1 atom stereocenters. The monoisotopic (exact) mass is 334 g/mol. The van der Waals surface area contributed by atoms with Crippen LogP contribution in [0.15, 0.2) is 24.3 Å². The number of amides is 1. The van der Waals surface area contributed by atoms with Gasteiger partial charge in [0.1, 0.15) is 5.75 Å². The zero-order valence-electron chi connectivity index (χ0n) is 15.1. The summed E-state index contributed by atoms with van der Waals surface area (Å²) >= 11 is 0. The maximum absolute atomic E-state index is 12.7. The van der Waals surface area contributed by atoms with Gasteiger partial charge in [0, 0.05) is 13.7 Å². The summed E-state index contributed by atoms with van der Waals surface area (Å²) < 4.78 is 10.5. The first kappa shape index (κ1) is 18.7. The number of piperidine rings is 1. The van der Waals surface area contributed by atoms with Gasteiger partial charge in [0.2, 0.25) is 5.91 Å². The van der Waals surface area contributed by atoms with E-state index in [1.165, 1.54) is 5.56 Å². The second-order valence-corrected chi connectivity index (χ2v) is 6.68. The Morgan fingerprint density at radius 2 is 1.92 bits per heavy atom. The van der Waals surface area contributed by atoms with E-state index in [2.05, 4.69) is 29.7 Å². The molecule has 2 N–H and O–H groups in total. The van der Waals surface area contributed by atoms with Gasteiger partial charge in [-0.3, -0.25) is 4.79 Å². The molecule has 0 aromatic heterocycles. The first-order valence-electron chi connectivity index (χ1n) is 8.73. The van der Waals surface area contributed by atoms with E-state index in [0.717, 1.165) is 38.1 Å². The summed E-state index contributed by atoms with van der Waals surface area (Å²) in [6.45, 7) is 5.11. The van der Waals surface area contributed by atoms with Crippen molar-refractivity contribution >= 4 is 5.91 Å². The number of carbonyl (C=O) groups excluding carboxylic acids is 1. The molecule has 0 bridgehead atoms. The van der Waals surface area contributed by atoms with Gasteiger partial charge in [-0.15, -0.1) is 0 Å².